The van der Waals surface area contributed by atoms with E-state index < -0.39 is 17.5 Å². The molecule has 0 unspecified atom stereocenters. The molecule has 1 heterocycles. The number of alkyl halides is 3. The summed E-state index contributed by atoms with van der Waals surface area (Å²) in [6.45, 7) is 1.23. The molecule has 0 amide bonds. The third kappa shape index (κ3) is 2.60. The van der Waals surface area contributed by atoms with Crippen LogP contribution in [0.2, 0.25) is 0 Å². The van der Waals surface area contributed by atoms with Crippen LogP contribution in [0.15, 0.2) is 30.3 Å². The van der Waals surface area contributed by atoms with E-state index in [0.717, 1.165) is 36.1 Å². The predicted octanol–water partition coefficient (Wildman–Crippen LogP) is 4.02. The molecule has 0 bridgehead atoms. The Labute approximate surface area is 115 Å². The Morgan fingerprint density at radius 2 is 1.65 bits per heavy atom. The topological polar surface area (TPSA) is 18.5 Å². The van der Waals surface area contributed by atoms with Crippen molar-refractivity contribution in [2.24, 2.45) is 0 Å². The normalized spacial score (nSPS) is 22.1. The maximum Gasteiger partial charge on any atom is 0.416 e. The van der Waals surface area contributed by atoms with Crippen LogP contribution in [0.5, 0.6) is 0 Å². The monoisotopic (exact) mass is 284 g/mol. The lowest BCUT2D eigenvalue weighted by Crippen LogP contribution is -2.31. The number of hydrogen-bond donors (Lipinski definition) is 0. The summed E-state index contributed by atoms with van der Waals surface area (Å²) >= 11 is 0. The Morgan fingerprint density at radius 1 is 1.00 bits per heavy atom. The molecule has 108 valence electrons. The van der Waals surface area contributed by atoms with Gasteiger partial charge < -0.3 is 9.47 Å². The summed E-state index contributed by atoms with van der Waals surface area (Å²) in [5.74, 6) is -0.491. The van der Waals surface area contributed by atoms with Crippen molar-refractivity contribution < 1.29 is 22.6 Å². The summed E-state index contributed by atoms with van der Waals surface area (Å²) in [6, 6.07) is 5.32. The molecule has 1 saturated heterocycles. The van der Waals surface area contributed by atoms with Crippen LogP contribution in [0.3, 0.4) is 0 Å². The zero-order valence-electron chi connectivity index (χ0n) is 10.9. The first-order valence-corrected chi connectivity index (χ1v) is 6.63. The molecule has 0 N–H and O–H groups in total. The number of ether oxygens (including phenoxy) is 2. The number of benzene rings is 1. The van der Waals surface area contributed by atoms with E-state index in [0.29, 0.717) is 19.6 Å². The van der Waals surface area contributed by atoms with Gasteiger partial charge in [0.2, 0.25) is 0 Å². The lowest BCUT2D eigenvalue weighted by Gasteiger charge is -2.30. The molecular weight excluding hydrogens is 269 g/mol. The fourth-order valence-electron chi connectivity index (χ4n) is 2.70. The highest BCUT2D eigenvalue weighted by Crippen LogP contribution is 2.38. The van der Waals surface area contributed by atoms with Crippen LogP contribution in [-0.2, 0) is 15.7 Å². The van der Waals surface area contributed by atoms with Crippen molar-refractivity contribution >= 4 is 5.57 Å². The summed E-state index contributed by atoms with van der Waals surface area (Å²) < 4.78 is 48.8. The van der Waals surface area contributed by atoms with Gasteiger partial charge in [-0.15, -0.1) is 0 Å². The fourth-order valence-corrected chi connectivity index (χ4v) is 2.70. The van der Waals surface area contributed by atoms with Crippen molar-refractivity contribution in [2.75, 3.05) is 13.2 Å². The van der Waals surface area contributed by atoms with Gasteiger partial charge in [-0.25, -0.2) is 0 Å². The first-order chi connectivity index (χ1) is 9.49. The van der Waals surface area contributed by atoms with Crippen molar-refractivity contribution in [3.8, 4) is 0 Å². The summed E-state index contributed by atoms with van der Waals surface area (Å²) in [7, 11) is 0. The third-order valence-corrected chi connectivity index (χ3v) is 3.83. The molecule has 3 rings (SSSR count). The van der Waals surface area contributed by atoms with E-state index in [1.807, 2.05) is 6.08 Å². The number of rotatable bonds is 1. The Balaban J connectivity index is 1.76. The Bertz CT molecular complexity index is 511. The lowest BCUT2D eigenvalue weighted by molar-refractivity contribution is -0.159. The van der Waals surface area contributed by atoms with Crippen molar-refractivity contribution in [1.82, 2.24) is 0 Å². The molecule has 2 nitrogen and oxygen atoms in total. The predicted molar refractivity (Wildman–Crippen MR) is 67.9 cm³/mol. The summed E-state index contributed by atoms with van der Waals surface area (Å²) in [6.07, 6.45) is -0.110. The zero-order valence-corrected chi connectivity index (χ0v) is 10.9. The van der Waals surface area contributed by atoms with Gasteiger partial charge in [0.05, 0.1) is 18.8 Å². The second kappa shape index (κ2) is 4.90. The molecule has 0 atom stereocenters. The van der Waals surface area contributed by atoms with E-state index in [2.05, 4.69) is 0 Å². The molecule has 1 spiro atoms. The molecule has 0 radical (unpaired) electrons. The van der Waals surface area contributed by atoms with Crippen molar-refractivity contribution in [3.05, 3.63) is 41.5 Å². The molecule has 20 heavy (non-hydrogen) atoms. The van der Waals surface area contributed by atoms with E-state index in [-0.39, 0.29) is 0 Å². The third-order valence-electron chi connectivity index (χ3n) is 3.83. The molecule has 2 aliphatic rings. The van der Waals surface area contributed by atoms with Crippen molar-refractivity contribution in [3.63, 3.8) is 0 Å². The highest BCUT2D eigenvalue weighted by atomic mass is 19.4. The van der Waals surface area contributed by atoms with Gasteiger partial charge in [-0.1, -0.05) is 18.2 Å². The smallest absolute Gasteiger partial charge is 0.347 e. The highest BCUT2D eigenvalue weighted by Gasteiger charge is 2.37. The van der Waals surface area contributed by atoms with Crippen LogP contribution < -0.4 is 0 Å². The minimum Gasteiger partial charge on any atom is -0.347 e. The van der Waals surface area contributed by atoms with Gasteiger partial charge in [0.1, 0.15) is 0 Å². The molecular formula is C15H15F3O2. The molecule has 5 heteroatoms. The molecule has 1 aliphatic carbocycles. The van der Waals surface area contributed by atoms with E-state index in [1.165, 1.54) is 12.1 Å². The summed E-state index contributed by atoms with van der Waals surface area (Å²) in [4.78, 5) is 0. The Kier molecular flexibility index (Phi) is 3.34. The second-order valence-electron chi connectivity index (χ2n) is 5.12. The molecule has 1 aromatic carbocycles. The number of halogens is 3. The zero-order chi connectivity index (χ0) is 14.2. The first-order valence-electron chi connectivity index (χ1n) is 6.63. The number of allylic oxidation sites excluding steroid dienone is 1. The minimum absolute atomic E-state index is 0.491. The van der Waals surface area contributed by atoms with Gasteiger partial charge in [0, 0.05) is 12.8 Å². The Morgan fingerprint density at radius 3 is 2.15 bits per heavy atom. The van der Waals surface area contributed by atoms with Gasteiger partial charge in [-0.05, 0) is 29.7 Å². The lowest BCUT2D eigenvalue weighted by atomic mass is 9.89. The second-order valence-corrected chi connectivity index (χ2v) is 5.12. The average Bonchev–Trinajstić information content (AvgIpc) is 2.87. The van der Waals surface area contributed by atoms with E-state index in [9.17, 15) is 13.2 Å². The maximum atomic E-state index is 12.5. The van der Waals surface area contributed by atoms with Gasteiger partial charge in [-0.3, -0.25) is 0 Å². The van der Waals surface area contributed by atoms with Gasteiger partial charge >= 0.3 is 6.18 Å². The minimum atomic E-state index is -4.28. The summed E-state index contributed by atoms with van der Waals surface area (Å²) in [5.41, 5.74) is 1.28. The van der Waals surface area contributed by atoms with Crippen LogP contribution in [-0.4, -0.2) is 19.0 Å². The maximum absolute atomic E-state index is 12.5. The van der Waals surface area contributed by atoms with E-state index >= 15 is 0 Å². The fraction of sp³-hybridized carbons (Fsp3) is 0.467. The molecule has 0 aromatic heterocycles. The van der Waals surface area contributed by atoms with Crippen LogP contribution in [0.4, 0.5) is 13.2 Å². The standard InChI is InChI=1S/C15H15F3O2/c16-15(17,18)13-3-1-11(2-4-13)12-5-7-14(8-6-12)19-9-10-20-14/h1-5H,6-10H2. The molecule has 1 aromatic rings. The van der Waals surface area contributed by atoms with Crippen molar-refractivity contribution in [1.29, 1.82) is 0 Å². The molecule has 1 aliphatic heterocycles. The quantitative estimate of drug-likeness (QED) is 0.775. The van der Waals surface area contributed by atoms with Crippen LogP contribution in [0.25, 0.3) is 5.57 Å². The van der Waals surface area contributed by atoms with E-state index in [4.69, 9.17) is 9.47 Å². The highest BCUT2D eigenvalue weighted by molar-refractivity contribution is 5.66. The molecule has 1 fully saturated rings. The van der Waals surface area contributed by atoms with Crippen LogP contribution in [0.1, 0.15) is 30.4 Å². The Hall–Kier alpha value is -1.33. The van der Waals surface area contributed by atoms with Gasteiger partial charge in [0.25, 0.3) is 0 Å². The van der Waals surface area contributed by atoms with E-state index in [1.54, 1.807) is 0 Å². The largest absolute Gasteiger partial charge is 0.416 e. The number of hydrogen-bond acceptors (Lipinski definition) is 2. The first kappa shape index (κ1) is 13.6. The SMILES string of the molecule is FC(F)(F)c1ccc(C2=CCC3(CC2)OCCO3)cc1. The van der Waals surface area contributed by atoms with Crippen LogP contribution in [0, 0.1) is 0 Å². The summed E-state index contributed by atoms with van der Waals surface area (Å²) in [5, 5.41) is 0. The average molecular weight is 284 g/mol. The molecule has 0 saturated carbocycles. The van der Waals surface area contributed by atoms with Gasteiger partial charge in [0.15, 0.2) is 5.79 Å². The van der Waals surface area contributed by atoms with Crippen molar-refractivity contribution in [2.45, 2.75) is 31.2 Å². The van der Waals surface area contributed by atoms with Crippen LogP contribution >= 0.6 is 0 Å². The van der Waals surface area contributed by atoms with Gasteiger partial charge in [-0.2, -0.15) is 13.2 Å².